The molecule has 90 valence electrons. The Morgan fingerprint density at radius 3 is 2.47 bits per heavy atom. The molecule has 2 unspecified atom stereocenters. The Morgan fingerprint density at radius 1 is 1.27 bits per heavy atom. The second kappa shape index (κ2) is 8.72. The molecule has 1 N–H and O–H groups in total. The van der Waals surface area contributed by atoms with Gasteiger partial charge in [0, 0.05) is 6.42 Å². The SMILES string of the molecule is CCCOC(=O)CCC(O)C(C)CCC. The van der Waals surface area contributed by atoms with Crippen LogP contribution in [0.4, 0.5) is 0 Å². The number of ether oxygens (including phenoxy) is 1. The van der Waals surface area contributed by atoms with E-state index in [9.17, 15) is 9.90 Å². The standard InChI is InChI=1S/C12H24O3/c1-4-6-10(3)11(13)7-8-12(14)15-9-5-2/h10-11,13H,4-9H2,1-3H3. The summed E-state index contributed by atoms with van der Waals surface area (Å²) in [5, 5.41) is 9.72. The van der Waals surface area contributed by atoms with Gasteiger partial charge < -0.3 is 9.84 Å². The molecule has 0 radical (unpaired) electrons. The summed E-state index contributed by atoms with van der Waals surface area (Å²) in [6.07, 6.45) is 3.39. The smallest absolute Gasteiger partial charge is 0.305 e. The van der Waals surface area contributed by atoms with E-state index in [1.807, 2.05) is 13.8 Å². The van der Waals surface area contributed by atoms with E-state index in [0.717, 1.165) is 19.3 Å². The van der Waals surface area contributed by atoms with Crippen LogP contribution in [0.15, 0.2) is 0 Å². The molecule has 0 amide bonds. The van der Waals surface area contributed by atoms with Gasteiger partial charge in [-0.1, -0.05) is 27.2 Å². The van der Waals surface area contributed by atoms with Crippen LogP contribution in [0.2, 0.25) is 0 Å². The van der Waals surface area contributed by atoms with E-state index in [1.54, 1.807) is 0 Å². The van der Waals surface area contributed by atoms with E-state index in [-0.39, 0.29) is 18.0 Å². The molecule has 2 atom stereocenters. The second-order valence-electron chi connectivity index (χ2n) is 4.09. The van der Waals surface area contributed by atoms with Gasteiger partial charge in [-0.05, 0) is 25.2 Å². The van der Waals surface area contributed by atoms with Crippen LogP contribution in [0.25, 0.3) is 0 Å². The third-order valence-electron chi connectivity index (χ3n) is 2.51. The summed E-state index contributed by atoms with van der Waals surface area (Å²) >= 11 is 0. The number of aliphatic hydroxyl groups is 1. The van der Waals surface area contributed by atoms with Gasteiger partial charge in [0.05, 0.1) is 12.7 Å². The fourth-order valence-electron chi connectivity index (χ4n) is 1.49. The largest absolute Gasteiger partial charge is 0.466 e. The summed E-state index contributed by atoms with van der Waals surface area (Å²) in [6, 6.07) is 0. The maximum atomic E-state index is 11.2. The highest BCUT2D eigenvalue weighted by molar-refractivity contribution is 5.69. The van der Waals surface area contributed by atoms with Gasteiger partial charge in [0.1, 0.15) is 0 Å². The first-order valence-electron chi connectivity index (χ1n) is 5.95. The van der Waals surface area contributed by atoms with E-state index in [0.29, 0.717) is 19.4 Å². The minimum absolute atomic E-state index is 0.195. The monoisotopic (exact) mass is 216 g/mol. The molecule has 0 aromatic heterocycles. The summed E-state index contributed by atoms with van der Waals surface area (Å²) in [4.78, 5) is 11.2. The lowest BCUT2D eigenvalue weighted by Crippen LogP contribution is -2.19. The molecular weight excluding hydrogens is 192 g/mol. The molecule has 0 saturated heterocycles. The van der Waals surface area contributed by atoms with Crippen LogP contribution in [0.5, 0.6) is 0 Å². The van der Waals surface area contributed by atoms with Crippen molar-refractivity contribution in [2.75, 3.05) is 6.61 Å². The third-order valence-corrected chi connectivity index (χ3v) is 2.51. The van der Waals surface area contributed by atoms with Crippen molar-refractivity contribution >= 4 is 5.97 Å². The molecule has 0 aromatic carbocycles. The maximum Gasteiger partial charge on any atom is 0.305 e. The van der Waals surface area contributed by atoms with Crippen LogP contribution in [-0.2, 0) is 9.53 Å². The van der Waals surface area contributed by atoms with Crippen molar-refractivity contribution in [3.05, 3.63) is 0 Å². The lowest BCUT2D eigenvalue weighted by molar-refractivity contribution is -0.144. The first-order valence-corrected chi connectivity index (χ1v) is 5.95. The number of hydrogen-bond donors (Lipinski definition) is 1. The van der Waals surface area contributed by atoms with Gasteiger partial charge in [-0.15, -0.1) is 0 Å². The van der Waals surface area contributed by atoms with Gasteiger partial charge in [0.25, 0.3) is 0 Å². The van der Waals surface area contributed by atoms with E-state index in [2.05, 4.69) is 6.92 Å². The number of aliphatic hydroxyl groups excluding tert-OH is 1. The molecule has 0 aliphatic rings. The molecule has 15 heavy (non-hydrogen) atoms. The van der Waals surface area contributed by atoms with Crippen molar-refractivity contribution in [3.63, 3.8) is 0 Å². The molecule has 0 rings (SSSR count). The average molecular weight is 216 g/mol. The van der Waals surface area contributed by atoms with Crippen LogP contribution in [0.1, 0.15) is 52.9 Å². The molecule has 3 heteroatoms. The number of carbonyl (C=O) groups is 1. The van der Waals surface area contributed by atoms with Gasteiger partial charge in [0.15, 0.2) is 0 Å². The van der Waals surface area contributed by atoms with Gasteiger partial charge in [0.2, 0.25) is 0 Å². The normalized spacial score (nSPS) is 14.7. The van der Waals surface area contributed by atoms with Crippen LogP contribution in [0, 0.1) is 5.92 Å². The van der Waals surface area contributed by atoms with Crippen LogP contribution >= 0.6 is 0 Å². The molecule has 0 bridgehead atoms. The van der Waals surface area contributed by atoms with Crippen molar-refractivity contribution in [3.8, 4) is 0 Å². The van der Waals surface area contributed by atoms with E-state index >= 15 is 0 Å². The van der Waals surface area contributed by atoms with Crippen LogP contribution < -0.4 is 0 Å². The van der Waals surface area contributed by atoms with Crippen molar-refractivity contribution in [1.82, 2.24) is 0 Å². The minimum Gasteiger partial charge on any atom is -0.466 e. The van der Waals surface area contributed by atoms with Gasteiger partial charge in [-0.3, -0.25) is 4.79 Å². The Balaban J connectivity index is 3.60. The zero-order chi connectivity index (χ0) is 11.7. The van der Waals surface area contributed by atoms with E-state index < -0.39 is 0 Å². The van der Waals surface area contributed by atoms with E-state index in [1.165, 1.54) is 0 Å². The fourth-order valence-corrected chi connectivity index (χ4v) is 1.49. The minimum atomic E-state index is -0.376. The number of hydrogen-bond acceptors (Lipinski definition) is 3. The average Bonchev–Trinajstić information content (AvgIpc) is 2.23. The van der Waals surface area contributed by atoms with Gasteiger partial charge in [-0.2, -0.15) is 0 Å². The molecule has 0 spiro atoms. The first kappa shape index (κ1) is 14.4. The second-order valence-corrected chi connectivity index (χ2v) is 4.09. The van der Waals surface area contributed by atoms with Gasteiger partial charge in [-0.25, -0.2) is 0 Å². The summed E-state index contributed by atoms with van der Waals surface area (Å²) in [5.41, 5.74) is 0. The quantitative estimate of drug-likeness (QED) is 0.634. The topological polar surface area (TPSA) is 46.5 Å². The zero-order valence-electron chi connectivity index (χ0n) is 10.2. The molecule has 0 aliphatic heterocycles. The Kier molecular flexibility index (Phi) is 8.38. The van der Waals surface area contributed by atoms with E-state index in [4.69, 9.17) is 4.74 Å². The molecular formula is C12H24O3. The third kappa shape index (κ3) is 7.37. The van der Waals surface area contributed by atoms with Gasteiger partial charge >= 0.3 is 5.97 Å². The molecule has 0 aromatic rings. The Morgan fingerprint density at radius 2 is 1.93 bits per heavy atom. The lowest BCUT2D eigenvalue weighted by Gasteiger charge is -2.17. The summed E-state index contributed by atoms with van der Waals surface area (Å²) in [5.74, 6) is 0.0774. The predicted octanol–water partition coefficient (Wildman–Crippen LogP) is 2.52. The zero-order valence-corrected chi connectivity index (χ0v) is 10.2. The van der Waals surface area contributed by atoms with Crippen molar-refractivity contribution in [1.29, 1.82) is 0 Å². The maximum absolute atomic E-state index is 11.2. The predicted molar refractivity (Wildman–Crippen MR) is 60.6 cm³/mol. The molecule has 0 aliphatic carbocycles. The summed E-state index contributed by atoms with van der Waals surface area (Å²) < 4.78 is 4.93. The van der Waals surface area contributed by atoms with Crippen molar-refractivity contribution in [2.24, 2.45) is 5.92 Å². The Bertz CT molecular complexity index is 168. The fraction of sp³-hybridized carbons (Fsp3) is 0.917. The van der Waals surface area contributed by atoms with Crippen LogP contribution in [0.3, 0.4) is 0 Å². The lowest BCUT2D eigenvalue weighted by atomic mass is 9.96. The Hall–Kier alpha value is -0.570. The highest BCUT2D eigenvalue weighted by Gasteiger charge is 2.15. The molecule has 0 heterocycles. The summed E-state index contributed by atoms with van der Waals surface area (Å²) in [6.45, 7) is 6.56. The molecule has 0 fully saturated rings. The van der Waals surface area contributed by atoms with Crippen LogP contribution in [-0.4, -0.2) is 23.8 Å². The van der Waals surface area contributed by atoms with Crippen molar-refractivity contribution in [2.45, 2.75) is 59.0 Å². The first-order chi connectivity index (χ1) is 7.11. The highest BCUT2D eigenvalue weighted by Crippen LogP contribution is 2.14. The number of esters is 1. The molecule has 3 nitrogen and oxygen atoms in total. The molecule has 0 saturated carbocycles. The highest BCUT2D eigenvalue weighted by atomic mass is 16.5. The number of carbonyl (C=O) groups excluding carboxylic acids is 1. The van der Waals surface area contributed by atoms with Crippen molar-refractivity contribution < 1.29 is 14.6 Å². The number of rotatable bonds is 8. The summed E-state index contributed by atoms with van der Waals surface area (Å²) in [7, 11) is 0. The Labute approximate surface area is 92.8 Å².